The topological polar surface area (TPSA) is 124 Å². The highest BCUT2D eigenvalue weighted by Gasteiger charge is 2.14. The maximum absolute atomic E-state index is 11.1. The quantitative estimate of drug-likeness (QED) is 0.501. The van der Waals surface area contributed by atoms with Crippen LogP contribution in [0.3, 0.4) is 0 Å². The first kappa shape index (κ1) is 18.1. The van der Waals surface area contributed by atoms with Gasteiger partial charge in [0.1, 0.15) is 10.0 Å². The molecule has 2 heterocycles. The van der Waals surface area contributed by atoms with Crippen molar-refractivity contribution in [1.29, 1.82) is 0 Å². The second kappa shape index (κ2) is 7.53. The molecule has 1 atom stereocenters. The Morgan fingerprint density at radius 1 is 1.48 bits per heavy atom. The van der Waals surface area contributed by atoms with Gasteiger partial charge in [0, 0.05) is 11.6 Å². The van der Waals surface area contributed by atoms with Crippen molar-refractivity contribution >= 4 is 54.8 Å². The van der Waals surface area contributed by atoms with Crippen LogP contribution in [0, 0.1) is 0 Å². The molecule has 8 nitrogen and oxygen atoms in total. The molecular weight excluding hydrogens is 408 g/mol. The van der Waals surface area contributed by atoms with Gasteiger partial charge in [-0.2, -0.15) is 13.4 Å². The lowest BCUT2D eigenvalue weighted by atomic mass is 10.2. The summed E-state index contributed by atoms with van der Waals surface area (Å²) in [7, 11) is -4.22. The zero-order valence-electron chi connectivity index (χ0n) is 12.0. The largest absolute Gasteiger partial charge is 0.394 e. The van der Waals surface area contributed by atoms with E-state index >= 15 is 0 Å². The van der Waals surface area contributed by atoms with Gasteiger partial charge in [0.25, 0.3) is 0 Å². The van der Waals surface area contributed by atoms with Crippen LogP contribution in [0.1, 0.15) is 13.3 Å². The van der Waals surface area contributed by atoms with E-state index in [1.165, 1.54) is 17.6 Å². The van der Waals surface area contributed by atoms with Gasteiger partial charge in [-0.1, -0.05) is 6.92 Å². The number of hydrogen-bond donors (Lipinski definition) is 4. The Bertz CT molecular complexity index is 777. The molecule has 2 rings (SSSR count). The molecule has 0 saturated heterocycles. The number of aliphatic hydroxyl groups excluding tert-OH is 1. The number of halogens is 1. The van der Waals surface area contributed by atoms with Crippen LogP contribution in [0.4, 0.5) is 17.5 Å². The number of rotatable bonds is 7. The summed E-state index contributed by atoms with van der Waals surface area (Å²) < 4.78 is 31.6. The first-order valence-corrected chi connectivity index (χ1v) is 9.67. The molecule has 4 N–H and O–H groups in total. The van der Waals surface area contributed by atoms with Crippen LogP contribution >= 0.6 is 27.3 Å². The fourth-order valence-electron chi connectivity index (χ4n) is 1.65. The lowest BCUT2D eigenvalue weighted by molar-refractivity contribution is 0.271. The molecular formula is C12H15BrN4O4S2. The van der Waals surface area contributed by atoms with Crippen LogP contribution < -0.4 is 10.6 Å². The number of nitrogens with zero attached hydrogens (tertiary/aromatic N) is 2. The second-order valence-electron chi connectivity index (χ2n) is 4.58. The predicted octanol–water partition coefficient (Wildman–Crippen LogP) is 2.47. The number of thiophene rings is 1. The highest BCUT2D eigenvalue weighted by atomic mass is 79.9. The van der Waals surface area contributed by atoms with E-state index in [1.807, 2.05) is 6.92 Å². The van der Waals surface area contributed by atoms with E-state index in [4.69, 9.17) is 4.55 Å². The second-order valence-corrected chi connectivity index (χ2v) is 7.99. The van der Waals surface area contributed by atoms with Crippen molar-refractivity contribution in [2.24, 2.45) is 0 Å². The Morgan fingerprint density at radius 3 is 2.78 bits per heavy atom. The standard InChI is InChI=1S/C12H15BrN4O4S2/c1-2-7(5-18)15-11-9(13)4-14-12(17-11)16-8-3-10(22-6-8)23(19,20)21/h3-4,6-7,18H,2,5H2,1H3,(H,19,20,21)(H2,14,15,16,17)/t7-/m1/s1. The fraction of sp³-hybridized carbons (Fsp3) is 0.333. The van der Waals surface area contributed by atoms with Crippen LogP contribution in [0.25, 0.3) is 0 Å². The van der Waals surface area contributed by atoms with Gasteiger partial charge in [-0.25, -0.2) is 4.98 Å². The van der Waals surface area contributed by atoms with Gasteiger partial charge in [-0.15, -0.1) is 11.3 Å². The summed E-state index contributed by atoms with van der Waals surface area (Å²) in [5.41, 5.74) is 0.449. The van der Waals surface area contributed by atoms with E-state index in [0.717, 1.165) is 17.8 Å². The molecule has 0 aliphatic rings. The Hall–Kier alpha value is -1.27. The highest BCUT2D eigenvalue weighted by molar-refractivity contribution is 9.10. The van der Waals surface area contributed by atoms with Crippen molar-refractivity contribution in [2.45, 2.75) is 23.6 Å². The lowest BCUT2D eigenvalue weighted by Gasteiger charge is -2.16. The smallest absolute Gasteiger partial charge is 0.304 e. The zero-order chi connectivity index (χ0) is 17.0. The minimum atomic E-state index is -4.22. The lowest BCUT2D eigenvalue weighted by Crippen LogP contribution is -2.23. The predicted molar refractivity (Wildman–Crippen MR) is 91.9 cm³/mol. The molecule has 11 heteroatoms. The van der Waals surface area contributed by atoms with Crippen molar-refractivity contribution in [3.63, 3.8) is 0 Å². The van der Waals surface area contributed by atoms with Crippen molar-refractivity contribution in [3.8, 4) is 0 Å². The Labute approximate surface area is 145 Å². The molecule has 0 aliphatic heterocycles. The Morgan fingerprint density at radius 2 is 2.22 bits per heavy atom. The third-order valence-corrected chi connectivity index (χ3v) is 5.73. The van der Waals surface area contributed by atoms with Gasteiger partial charge in [0.2, 0.25) is 5.95 Å². The maximum Gasteiger partial charge on any atom is 0.304 e. The van der Waals surface area contributed by atoms with Crippen molar-refractivity contribution in [1.82, 2.24) is 9.97 Å². The number of anilines is 3. The van der Waals surface area contributed by atoms with Crippen LogP contribution in [0.15, 0.2) is 26.3 Å². The van der Waals surface area contributed by atoms with Crippen LogP contribution in [0.2, 0.25) is 0 Å². The molecule has 126 valence electrons. The van der Waals surface area contributed by atoms with E-state index in [9.17, 15) is 13.5 Å². The molecule has 0 unspecified atom stereocenters. The Kier molecular flexibility index (Phi) is 5.92. The first-order chi connectivity index (χ1) is 10.8. The van der Waals surface area contributed by atoms with Gasteiger partial charge in [-0.3, -0.25) is 4.55 Å². The number of nitrogens with one attached hydrogen (secondary N) is 2. The summed E-state index contributed by atoms with van der Waals surface area (Å²) >= 11 is 4.21. The van der Waals surface area contributed by atoms with Gasteiger partial charge in [0.05, 0.1) is 22.8 Å². The van der Waals surface area contributed by atoms with Crippen molar-refractivity contribution in [3.05, 3.63) is 22.1 Å². The SMILES string of the molecule is CC[C@H](CO)Nc1nc(Nc2csc(S(=O)(=O)O)c2)ncc1Br. The van der Waals surface area contributed by atoms with Gasteiger partial charge in [-0.05, 0) is 28.4 Å². The zero-order valence-corrected chi connectivity index (χ0v) is 15.2. The van der Waals surface area contributed by atoms with E-state index < -0.39 is 10.1 Å². The highest BCUT2D eigenvalue weighted by Crippen LogP contribution is 2.27. The minimum Gasteiger partial charge on any atom is -0.394 e. The molecule has 23 heavy (non-hydrogen) atoms. The minimum absolute atomic E-state index is 0.0298. The van der Waals surface area contributed by atoms with E-state index in [-0.39, 0.29) is 22.8 Å². The van der Waals surface area contributed by atoms with Crippen molar-refractivity contribution in [2.75, 3.05) is 17.2 Å². The van der Waals surface area contributed by atoms with E-state index in [1.54, 1.807) is 0 Å². The molecule has 0 spiro atoms. The molecule has 0 aliphatic carbocycles. The third-order valence-electron chi connectivity index (χ3n) is 2.88. The monoisotopic (exact) mass is 422 g/mol. The molecule has 0 radical (unpaired) electrons. The van der Waals surface area contributed by atoms with Gasteiger partial charge < -0.3 is 15.7 Å². The normalized spacial score (nSPS) is 12.9. The molecule has 2 aromatic rings. The maximum atomic E-state index is 11.1. The van der Waals surface area contributed by atoms with E-state index in [0.29, 0.717) is 16.0 Å². The molecule has 0 amide bonds. The molecule has 0 aromatic carbocycles. The Balaban J connectivity index is 2.19. The molecule has 0 bridgehead atoms. The van der Waals surface area contributed by atoms with Crippen LogP contribution in [0.5, 0.6) is 0 Å². The number of hydrogen-bond acceptors (Lipinski definition) is 8. The van der Waals surface area contributed by atoms with Crippen LogP contribution in [-0.4, -0.2) is 40.7 Å². The number of aromatic nitrogens is 2. The summed E-state index contributed by atoms with van der Waals surface area (Å²) in [6.45, 7) is 1.91. The summed E-state index contributed by atoms with van der Waals surface area (Å²) in [5.74, 6) is 0.761. The van der Waals surface area contributed by atoms with Gasteiger partial charge >= 0.3 is 10.1 Å². The average Bonchev–Trinajstić information content (AvgIpc) is 2.96. The molecule has 0 saturated carbocycles. The summed E-state index contributed by atoms with van der Waals surface area (Å²) in [4.78, 5) is 8.36. The fourth-order valence-corrected chi connectivity index (χ4v) is 3.42. The summed E-state index contributed by atoms with van der Waals surface area (Å²) in [6.07, 6.45) is 2.26. The van der Waals surface area contributed by atoms with E-state index in [2.05, 4.69) is 36.5 Å². The third kappa shape index (κ3) is 4.85. The van der Waals surface area contributed by atoms with Crippen LogP contribution in [-0.2, 0) is 10.1 Å². The average molecular weight is 423 g/mol. The molecule has 0 fully saturated rings. The number of aliphatic hydroxyl groups is 1. The van der Waals surface area contributed by atoms with Crippen molar-refractivity contribution < 1.29 is 18.1 Å². The summed E-state index contributed by atoms with van der Waals surface area (Å²) in [6, 6.07) is 1.16. The molecule has 2 aromatic heterocycles. The summed E-state index contributed by atoms with van der Waals surface area (Å²) in [5, 5.41) is 16.7. The van der Waals surface area contributed by atoms with Gasteiger partial charge in [0.15, 0.2) is 0 Å². The first-order valence-electron chi connectivity index (χ1n) is 6.56.